The number of aromatic nitrogens is 1. The van der Waals surface area contributed by atoms with E-state index in [1.807, 2.05) is 0 Å². The van der Waals surface area contributed by atoms with Gasteiger partial charge in [0.1, 0.15) is 5.56 Å². The molecule has 0 atom stereocenters. The molecule has 0 bridgehead atoms. The number of hydrogen-bond acceptors (Lipinski definition) is 2. The predicted octanol–water partition coefficient (Wildman–Crippen LogP) is 2.75. The molecule has 1 aromatic rings. The minimum Gasteiger partial charge on any atom is -0.478 e. The summed E-state index contributed by atoms with van der Waals surface area (Å²) in [6.45, 7) is 0. The number of rotatable bonds is 3. The number of alkyl halides is 3. The van der Waals surface area contributed by atoms with Gasteiger partial charge in [-0.25, -0.2) is 18.6 Å². The molecule has 1 rings (SSSR count). The molecule has 0 spiro atoms. The molecule has 3 nitrogen and oxygen atoms in total. The second-order valence-corrected chi connectivity index (χ2v) is 3.17. The fourth-order valence-corrected chi connectivity index (χ4v) is 1.32. The summed E-state index contributed by atoms with van der Waals surface area (Å²) < 4.78 is 37.9. The minimum absolute atomic E-state index is 0.0211. The van der Waals surface area contributed by atoms with Crippen LogP contribution in [0.25, 0.3) is 0 Å². The smallest absolute Gasteiger partial charge is 0.340 e. The van der Waals surface area contributed by atoms with Gasteiger partial charge in [-0.2, -0.15) is 4.39 Å². The summed E-state index contributed by atoms with van der Waals surface area (Å²) in [5.74, 6) is -3.15. The molecular formula is C8H5BrF3NO2. The van der Waals surface area contributed by atoms with Crippen molar-refractivity contribution in [1.82, 2.24) is 4.98 Å². The van der Waals surface area contributed by atoms with Crippen molar-refractivity contribution in [3.63, 3.8) is 0 Å². The molecule has 0 aliphatic rings. The summed E-state index contributed by atoms with van der Waals surface area (Å²) >= 11 is 2.92. The second-order valence-electron chi connectivity index (χ2n) is 2.61. The first-order valence-corrected chi connectivity index (χ1v) is 4.86. The third-order valence-electron chi connectivity index (χ3n) is 1.64. The number of carboxylic acid groups (broad SMARTS) is 1. The first kappa shape index (κ1) is 12.0. The molecule has 7 heteroatoms. The molecule has 0 aromatic carbocycles. The van der Waals surface area contributed by atoms with Crippen molar-refractivity contribution in [2.75, 3.05) is 0 Å². The van der Waals surface area contributed by atoms with Crippen molar-refractivity contribution in [3.8, 4) is 0 Å². The van der Waals surface area contributed by atoms with Gasteiger partial charge in [-0.1, -0.05) is 15.9 Å². The van der Waals surface area contributed by atoms with Crippen LogP contribution in [0.2, 0.25) is 0 Å². The van der Waals surface area contributed by atoms with Gasteiger partial charge in [-0.3, -0.25) is 0 Å². The van der Waals surface area contributed by atoms with E-state index in [1.165, 1.54) is 0 Å². The van der Waals surface area contributed by atoms with Crippen molar-refractivity contribution >= 4 is 21.9 Å². The highest BCUT2D eigenvalue weighted by Gasteiger charge is 2.24. The normalized spacial score (nSPS) is 10.7. The molecule has 1 N–H and O–H groups in total. The van der Waals surface area contributed by atoms with Crippen LogP contribution in [0.15, 0.2) is 6.07 Å². The van der Waals surface area contributed by atoms with Crippen LogP contribution in [0.3, 0.4) is 0 Å². The second kappa shape index (κ2) is 4.61. The van der Waals surface area contributed by atoms with Crippen LogP contribution in [0, 0.1) is 5.95 Å². The van der Waals surface area contributed by atoms with E-state index >= 15 is 0 Å². The molecule has 0 unspecified atom stereocenters. The topological polar surface area (TPSA) is 50.2 Å². The first-order valence-electron chi connectivity index (χ1n) is 3.74. The summed E-state index contributed by atoms with van der Waals surface area (Å²) in [4.78, 5) is 13.7. The average molecular weight is 284 g/mol. The molecule has 1 heterocycles. The predicted molar refractivity (Wildman–Crippen MR) is 48.7 cm³/mol. The van der Waals surface area contributed by atoms with Gasteiger partial charge in [0.15, 0.2) is 0 Å². The number of pyridine rings is 1. The Morgan fingerprint density at radius 2 is 2.20 bits per heavy atom. The van der Waals surface area contributed by atoms with E-state index in [0.29, 0.717) is 0 Å². The Hall–Kier alpha value is -1.11. The van der Waals surface area contributed by atoms with Crippen LogP contribution in [0.1, 0.15) is 28.0 Å². The highest BCUT2D eigenvalue weighted by atomic mass is 79.9. The SMILES string of the molecule is O=C(O)c1c(C(F)F)cc(CBr)nc1F. The molecular weight excluding hydrogens is 279 g/mol. The van der Waals surface area contributed by atoms with Crippen molar-refractivity contribution in [1.29, 1.82) is 0 Å². The number of carboxylic acids is 1. The van der Waals surface area contributed by atoms with E-state index in [2.05, 4.69) is 20.9 Å². The quantitative estimate of drug-likeness (QED) is 0.686. The Balaban J connectivity index is 3.42. The van der Waals surface area contributed by atoms with Crippen molar-refractivity contribution < 1.29 is 23.1 Å². The summed E-state index contributed by atoms with van der Waals surface area (Å²) in [6, 6.07) is 0.867. The van der Waals surface area contributed by atoms with Gasteiger partial charge >= 0.3 is 5.97 Å². The number of carbonyl (C=O) groups is 1. The van der Waals surface area contributed by atoms with Crippen molar-refractivity contribution in [3.05, 3.63) is 28.8 Å². The largest absolute Gasteiger partial charge is 0.478 e. The lowest BCUT2D eigenvalue weighted by molar-refractivity contribution is 0.0677. The lowest BCUT2D eigenvalue weighted by Crippen LogP contribution is -2.10. The van der Waals surface area contributed by atoms with Crippen LogP contribution >= 0.6 is 15.9 Å². The van der Waals surface area contributed by atoms with Gasteiger partial charge < -0.3 is 5.11 Å². The van der Waals surface area contributed by atoms with E-state index in [4.69, 9.17) is 5.11 Å². The lowest BCUT2D eigenvalue weighted by Gasteiger charge is -2.07. The Morgan fingerprint density at radius 1 is 1.60 bits per heavy atom. The van der Waals surface area contributed by atoms with Crippen molar-refractivity contribution in [2.24, 2.45) is 0 Å². The van der Waals surface area contributed by atoms with E-state index in [-0.39, 0.29) is 11.0 Å². The first-order chi connectivity index (χ1) is 6.97. The van der Waals surface area contributed by atoms with Crippen LogP contribution in [0.4, 0.5) is 13.2 Å². The van der Waals surface area contributed by atoms with Crippen LogP contribution < -0.4 is 0 Å². The standard InChI is InChI=1S/C8H5BrF3NO2/c9-2-3-1-4(6(10)11)5(8(14)15)7(12)13-3/h1,6H,2H2,(H,14,15). The summed E-state index contributed by atoms with van der Waals surface area (Å²) in [5.41, 5.74) is -1.91. The fraction of sp³-hybridized carbons (Fsp3) is 0.250. The molecule has 0 aliphatic carbocycles. The third-order valence-corrected chi connectivity index (χ3v) is 2.22. The molecule has 0 saturated heterocycles. The summed E-state index contributed by atoms with van der Waals surface area (Å²) in [6.07, 6.45) is -3.05. The Labute approximate surface area is 91.1 Å². The average Bonchev–Trinajstić information content (AvgIpc) is 2.15. The van der Waals surface area contributed by atoms with Crippen molar-refractivity contribution in [2.45, 2.75) is 11.8 Å². The van der Waals surface area contributed by atoms with E-state index in [9.17, 15) is 18.0 Å². The fourth-order valence-electron chi connectivity index (χ4n) is 1.04. The highest BCUT2D eigenvalue weighted by Crippen LogP contribution is 2.25. The molecule has 0 aliphatic heterocycles. The molecule has 1 aromatic heterocycles. The molecule has 15 heavy (non-hydrogen) atoms. The molecule has 82 valence electrons. The van der Waals surface area contributed by atoms with Crippen LogP contribution in [-0.2, 0) is 5.33 Å². The van der Waals surface area contributed by atoms with E-state index < -0.39 is 29.5 Å². The summed E-state index contributed by atoms with van der Waals surface area (Å²) in [7, 11) is 0. The van der Waals surface area contributed by atoms with Gasteiger partial charge in [0, 0.05) is 10.9 Å². The van der Waals surface area contributed by atoms with Gasteiger partial charge in [0.25, 0.3) is 6.43 Å². The number of aromatic carboxylic acids is 1. The number of halogens is 4. The van der Waals surface area contributed by atoms with Gasteiger partial charge in [0.2, 0.25) is 5.95 Å². The molecule has 0 amide bonds. The maximum atomic E-state index is 13.1. The van der Waals surface area contributed by atoms with Gasteiger partial charge in [-0.15, -0.1) is 0 Å². The monoisotopic (exact) mass is 283 g/mol. The Kier molecular flexibility index (Phi) is 3.67. The van der Waals surface area contributed by atoms with E-state index in [0.717, 1.165) is 6.07 Å². The number of hydrogen-bond donors (Lipinski definition) is 1. The molecule has 0 radical (unpaired) electrons. The Morgan fingerprint density at radius 3 is 2.60 bits per heavy atom. The third kappa shape index (κ3) is 2.47. The zero-order valence-corrected chi connectivity index (χ0v) is 8.76. The maximum Gasteiger partial charge on any atom is 0.340 e. The zero-order valence-electron chi connectivity index (χ0n) is 7.18. The lowest BCUT2D eigenvalue weighted by atomic mass is 10.1. The maximum absolute atomic E-state index is 13.1. The molecule has 0 saturated carbocycles. The number of nitrogens with zero attached hydrogens (tertiary/aromatic N) is 1. The molecule has 0 fully saturated rings. The van der Waals surface area contributed by atoms with Gasteiger partial charge in [0.05, 0.1) is 5.69 Å². The highest BCUT2D eigenvalue weighted by molar-refractivity contribution is 9.08. The van der Waals surface area contributed by atoms with E-state index in [1.54, 1.807) is 0 Å². The van der Waals surface area contributed by atoms with Crippen LogP contribution in [-0.4, -0.2) is 16.1 Å². The van der Waals surface area contributed by atoms with Crippen LogP contribution in [0.5, 0.6) is 0 Å². The Bertz CT molecular complexity index is 398. The summed E-state index contributed by atoms with van der Waals surface area (Å²) in [5, 5.41) is 8.61. The minimum atomic E-state index is -3.05. The zero-order chi connectivity index (χ0) is 11.6. The van der Waals surface area contributed by atoms with Gasteiger partial charge in [-0.05, 0) is 6.07 Å².